The quantitative estimate of drug-likeness (QED) is 0.211. The molecule has 1 aliphatic heterocycles. The number of thiazole rings is 1. The van der Waals surface area contributed by atoms with E-state index >= 15 is 0 Å². The van der Waals surface area contributed by atoms with Crippen LogP contribution in [0.2, 0.25) is 0 Å². The molecule has 10 heteroatoms. The zero-order valence-electron chi connectivity index (χ0n) is 24.8. The number of carbonyl (C=O) groups excluding carboxylic acids is 1. The third-order valence-corrected chi connectivity index (χ3v) is 8.44. The minimum atomic E-state index is -0.257. The Balaban J connectivity index is 1.23. The molecule has 0 bridgehead atoms. The summed E-state index contributed by atoms with van der Waals surface area (Å²) in [5.41, 5.74) is 3.65. The van der Waals surface area contributed by atoms with E-state index in [4.69, 9.17) is 19.2 Å². The van der Waals surface area contributed by atoms with Crippen LogP contribution in [0.1, 0.15) is 26.6 Å². The zero-order chi connectivity index (χ0) is 30.2. The number of nitrogens with zero attached hydrogens (tertiary/aromatic N) is 4. The molecule has 0 spiro atoms. The van der Waals surface area contributed by atoms with Crippen LogP contribution >= 0.6 is 11.3 Å². The molecule has 3 aromatic carbocycles. The Morgan fingerprint density at radius 2 is 1.56 bits per heavy atom. The number of para-hydroxylation sites is 2. The topological polar surface area (TPSA) is 67.4 Å². The zero-order valence-corrected chi connectivity index (χ0v) is 25.6. The Hall–Kier alpha value is -4.15. The highest BCUT2D eigenvalue weighted by Gasteiger charge is 2.25. The van der Waals surface area contributed by atoms with E-state index in [9.17, 15) is 9.18 Å². The molecule has 0 aliphatic carbocycles. The summed E-state index contributed by atoms with van der Waals surface area (Å²) < 4.78 is 29.9. The van der Waals surface area contributed by atoms with Gasteiger partial charge in [0.05, 0.1) is 33.6 Å². The summed E-state index contributed by atoms with van der Waals surface area (Å²) in [5.74, 6) is 1.92. The lowest BCUT2D eigenvalue weighted by Crippen LogP contribution is -2.49. The van der Waals surface area contributed by atoms with Crippen molar-refractivity contribution in [2.45, 2.75) is 19.5 Å². The monoisotopic (exact) mass is 604 g/mol. The maximum absolute atomic E-state index is 13.6. The number of aromatic nitrogens is 1. The van der Waals surface area contributed by atoms with Crippen molar-refractivity contribution in [1.29, 1.82) is 0 Å². The molecule has 1 fully saturated rings. The fraction of sp³-hybridized carbons (Fsp3) is 0.333. The standard InChI is InChI=1S/C33H37FN4O4S/c1-40-29-7-5-4-6-28(29)37-16-18-38(19-17-37)33(39)27-23-43-32(35-27)22-36(21-25-8-11-26(34)12-9-25)15-14-24-10-13-30(41-2)31(20-24)42-3/h4-13,20,23H,14-19,21-22H2,1-3H3. The molecule has 1 aromatic heterocycles. The molecule has 0 radical (unpaired) electrons. The Morgan fingerprint density at radius 3 is 2.28 bits per heavy atom. The first kappa shape index (κ1) is 30.3. The molecule has 0 saturated carbocycles. The second-order valence-corrected chi connectivity index (χ2v) is 11.3. The van der Waals surface area contributed by atoms with Gasteiger partial charge in [-0.3, -0.25) is 9.69 Å². The number of hydrogen-bond donors (Lipinski definition) is 0. The molecule has 1 saturated heterocycles. The van der Waals surface area contributed by atoms with Gasteiger partial charge in [-0.05, 0) is 53.9 Å². The fourth-order valence-electron chi connectivity index (χ4n) is 5.26. The van der Waals surface area contributed by atoms with Crippen molar-refractivity contribution in [3.63, 3.8) is 0 Å². The number of piperazine rings is 1. The van der Waals surface area contributed by atoms with Gasteiger partial charge >= 0.3 is 0 Å². The van der Waals surface area contributed by atoms with Crippen LogP contribution in [0.15, 0.2) is 72.1 Å². The fourth-order valence-corrected chi connectivity index (χ4v) is 6.07. The number of hydrogen-bond acceptors (Lipinski definition) is 8. The maximum Gasteiger partial charge on any atom is 0.273 e. The molecule has 43 heavy (non-hydrogen) atoms. The van der Waals surface area contributed by atoms with E-state index in [0.717, 1.165) is 53.6 Å². The van der Waals surface area contributed by atoms with Crippen molar-refractivity contribution >= 4 is 22.9 Å². The van der Waals surface area contributed by atoms with Gasteiger partial charge in [0.25, 0.3) is 5.91 Å². The van der Waals surface area contributed by atoms with Gasteiger partial charge in [-0.25, -0.2) is 9.37 Å². The lowest BCUT2D eigenvalue weighted by Gasteiger charge is -2.36. The van der Waals surface area contributed by atoms with E-state index in [-0.39, 0.29) is 11.7 Å². The number of amides is 1. The molecule has 0 unspecified atom stereocenters. The van der Waals surface area contributed by atoms with Gasteiger partial charge in [0, 0.05) is 44.6 Å². The van der Waals surface area contributed by atoms with Gasteiger partial charge in [0.1, 0.15) is 22.3 Å². The Bertz CT molecular complexity index is 1510. The molecule has 1 amide bonds. The summed E-state index contributed by atoms with van der Waals surface area (Å²) in [5, 5.41) is 2.72. The Kier molecular flexibility index (Phi) is 10.1. The molecular weight excluding hydrogens is 567 g/mol. The molecule has 5 rings (SSSR count). The van der Waals surface area contributed by atoms with Crippen molar-refractivity contribution in [1.82, 2.24) is 14.8 Å². The summed E-state index contributed by atoms with van der Waals surface area (Å²) in [4.78, 5) is 24.5. The van der Waals surface area contributed by atoms with Crippen LogP contribution in [0.4, 0.5) is 10.1 Å². The van der Waals surface area contributed by atoms with Crippen LogP contribution in [0, 0.1) is 5.82 Å². The highest BCUT2D eigenvalue weighted by molar-refractivity contribution is 7.09. The highest BCUT2D eigenvalue weighted by atomic mass is 32.1. The molecule has 0 N–H and O–H groups in total. The number of benzene rings is 3. The van der Waals surface area contributed by atoms with E-state index < -0.39 is 0 Å². The van der Waals surface area contributed by atoms with Gasteiger partial charge in [0.2, 0.25) is 0 Å². The van der Waals surface area contributed by atoms with Gasteiger partial charge in [-0.2, -0.15) is 0 Å². The van der Waals surface area contributed by atoms with E-state index in [1.54, 1.807) is 33.5 Å². The lowest BCUT2D eigenvalue weighted by molar-refractivity contribution is 0.0741. The predicted molar refractivity (Wildman–Crippen MR) is 167 cm³/mol. The minimum Gasteiger partial charge on any atom is -0.495 e. The van der Waals surface area contributed by atoms with Crippen molar-refractivity contribution in [3.05, 3.63) is 99.8 Å². The van der Waals surface area contributed by atoms with Crippen LogP contribution in [0.3, 0.4) is 0 Å². The number of ether oxygens (including phenoxy) is 3. The van der Waals surface area contributed by atoms with E-state index in [0.29, 0.717) is 43.4 Å². The second-order valence-electron chi connectivity index (χ2n) is 10.4. The normalized spacial score (nSPS) is 13.3. The SMILES string of the molecule is COc1ccc(CCN(Cc2ccc(F)cc2)Cc2nc(C(=O)N3CCN(c4ccccc4OC)CC3)cs2)cc1OC. The van der Waals surface area contributed by atoms with E-state index in [2.05, 4.69) is 9.80 Å². The summed E-state index contributed by atoms with van der Waals surface area (Å²) in [6, 6.07) is 20.5. The number of rotatable bonds is 12. The van der Waals surface area contributed by atoms with Crippen molar-refractivity contribution < 1.29 is 23.4 Å². The van der Waals surface area contributed by atoms with Gasteiger partial charge in [-0.1, -0.05) is 30.3 Å². The minimum absolute atomic E-state index is 0.0439. The number of carbonyl (C=O) groups is 1. The Labute approximate surface area is 256 Å². The number of methoxy groups -OCH3 is 3. The summed E-state index contributed by atoms with van der Waals surface area (Å²) >= 11 is 1.49. The molecule has 4 aromatic rings. The molecule has 8 nitrogen and oxygen atoms in total. The van der Waals surface area contributed by atoms with Crippen LogP contribution in [-0.4, -0.2) is 74.7 Å². The van der Waals surface area contributed by atoms with Crippen LogP contribution in [0.5, 0.6) is 17.2 Å². The van der Waals surface area contributed by atoms with Gasteiger partial charge in [0.15, 0.2) is 11.5 Å². The van der Waals surface area contributed by atoms with Crippen LogP contribution in [-0.2, 0) is 19.5 Å². The second kappa shape index (κ2) is 14.3. The third kappa shape index (κ3) is 7.63. The molecule has 0 atom stereocenters. The van der Waals surface area contributed by atoms with Crippen LogP contribution < -0.4 is 19.1 Å². The van der Waals surface area contributed by atoms with Crippen molar-refractivity contribution in [3.8, 4) is 17.2 Å². The molecule has 226 valence electrons. The first-order valence-electron chi connectivity index (χ1n) is 14.3. The summed E-state index contributed by atoms with van der Waals surface area (Å²) in [7, 11) is 4.93. The highest BCUT2D eigenvalue weighted by Crippen LogP contribution is 2.29. The first-order chi connectivity index (χ1) is 21.0. The summed E-state index contributed by atoms with van der Waals surface area (Å²) in [6.07, 6.45) is 0.773. The summed E-state index contributed by atoms with van der Waals surface area (Å²) in [6.45, 7) is 4.62. The van der Waals surface area contributed by atoms with Gasteiger partial charge in [-0.15, -0.1) is 11.3 Å². The Morgan fingerprint density at radius 1 is 0.860 bits per heavy atom. The van der Waals surface area contributed by atoms with Crippen molar-refractivity contribution in [2.75, 3.05) is 59.0 Å². The molecule has 1 aliphatic rings. The third-order valence-electron chi connectivity index (χ3n) is 7.61. The number of halogens is 1. The first-order valence-corrected chi connectivity index (χ1v) is 15.1. The van der Waals surface area contributed by atoms with E-state index in [1.807, 2.05) is 52.7 Å². The maximum atomic E-state index is 13.6. The molecular formula is C33H37FN4O4S. The average molecular weight is 605 g/mol. The largest absolute Gasteiger partial charge is 0.495 e. The van der Waals surface area contributed by atoms with E-state index in [1.165, 1.54) is 23.5 Å². The average Bonchev–Trinajstić information content (AvgIpc) is 3.52. The van der Waals surface area contributed by atoms with Gasteiger partial charge < -0.3 is 24.0 Å². The molecule has 2 heterocycles. The van der Waals surface area contributed by atoms with Crippen molar-refractivity contribution in [2.24, 2.45) is 0 Å². The lowest BCUT2D eigenvalue weighted by atomic mass is 10.1. The smallest absolute Gasteiger partial charge is 0.273 e. The number of anilines is 1. The van der Waals surface area contributed by atoms with Crippen LogP contribution in [0.25, 0.3) is 0 Å². The predicted octanol–water partition coefficient (Wildman–Crippen LogP) is 5.52.